The fourth-order valence-corrected chi connectivity index (χ4v) is 3.10. The summed E-state index contributed by atoms with van der Waals surface area (Å²) in [7, 11) is 0. The first-order valence-corrected chi connectivity index (χ1v) is 8.49. The van der Waals surface area contributed by atoms with Gasteiger partial charge in [-0.15, -0.1) is 10.2 Å². The predicted molar refractivity (Wildman–Crippen MR) is 91.1 cm³/mol. The Balaban J connectivity index is 1.48. The first kappa shape index (κ1) is 16.6. The predicted octanol–water partition coefficient (Wildman–Crippen LogP) is 1.33. The molecule has 0 spiro atoms. The van der Waals surface area contributed by atoms with Gasteiger partial charge >= 0.3 is 0 Å². The summed E-state index contributed by atoms with van der Waals surface area (Å²) in [5.74, 6) is 0.824. The third-order valence-corrected chi connectivity index (χ3v) is 4.14. The van der Waals surface area contributed by atoms with Crippen molar-refractivity contribution in [1.29, 1.82) is 0 Å². The van der Waals surface area contributed by atoms with Crippen LogP contribution in [0.3, 0.4) is 0 Å². The van der Waals surface area contributed by atoms with Gasteiger partial charge in [0.15, 0.2) is 0 Å². The van der Waals surface area contributed by atoms with Crippen LogP contribution in [0, 0.1) is 0 Å². The Morgan fingerprint density at radius 2 is 1.92 bits per heavy atom. The third kappa shape index (κ3) is 4.17. The minimum absolute atomic E-state index is 0.207. The molecule has 7 heteroatoms. The number of nitrogens with zero attached hydrogens (tertiary/aromatic N) is 5. The van der Waals surface area contributed by atoms with Gasteiger partial charge in [0.25, 0.3) is 0 Å². The molecule has 0 unspecified atom stereocenters. The van der Waals surface area contributed by atoms with E-state index in [9.17, 15) is 4.79 Å². The first-order valence-electron chi connectivity index (χ1n) is 8.49. The topological polar surface area (TPSA) is 75.9 Å². The van der Waals surface area contributed by atoms with Crippen LogP contribution in [-0.2, 0) is 11.3 Å². The van der Waals surface area contributed by atoms with Crippen molar-refractivity contribution >= 4 is 5.91 Å². The van der Waals surface area contributed by atoms with Crippen LogP contribution in [-0.4, -0.2) is 56.2 Å². The summed E-state index contributed by atoms with van der Waals surface area (Å²) < 4.78 is 0. The van der Waals surface area contributed by atoms with Crippen molar-refractivity contribution in [3.63, 3.8) is 0 Å². The number of rotatable bonds is 5. The lowest BCUT2D eigenvalue weighted by Crippen LogP contribution is -2.55. The maximum atomic E-state index is 12.3. The Labute approximate surface area is 142 Å². The molecule has 1 N–H and O–H groups in total. The number of nitrogens with one attached hydrogen (secondary N) is 1. The van der Waals surface area contributed by atoms with Gasteiger partial charge in [0, 0.05) is 37.2 Å². The second kappa shape index (κ2) is 7.53. The van der Waals surface area contributed by atoms with E-state index in [0.29, 0.717) is 30.9 Å². The summed E-state index contributed by atoms with van der Waals surface area (Å²) in [5, 5.41) is 16.0. The highest BCUT2D eigenvalue weighted by Crippen LogP contribution is 2.12. The lowest BCUT2D eigenvalue weighted by molar-refractivity contribution is -0.133. The van der Waals surface area contributed by atoms with Crippen molar-refractivity contribution in [3.8, 4) is 11.4 Å². The zero-order valence-corrected chi connectivity index (χ0v) is 14.2. The van der Waals surface area contributed by atoms with E-state index < -0.39 is 0 Å². The Morgan fingerprint density at radius 1 is 1.21 bits per heavy atom. The van der Waals surface area contributed by atoms with Crippen LogP contribution in [0.5, 0.6) is 0 Å². The summed E-state index contributed by atoms with van der Waals surface area (Å²) in [4.78, 5) is 15.9. The van der Waals surface area contributed by atoms with Gasteiger partial charge in [-0.1, -0.05) is 30.3 Å². The molecule has 1 amide bonds. The average molecular weight is 328 g/mol. The zero-order chi connectivity index (χ0) is 16.9. The van der Waals surface area contributed by atoms with Crippen LogP contribution < -0.4 is 5.32 Å². The summed E-state index contributed by atoms with van der Waals surface area (Å²) in [6.45, 7) is 6.38. The van der Waals surface area contributed by atoms with Gasteiger partial charge in [0.05, 0.1) is 6.54 Å². The molecule has 0 aliphatic carbocycles. The second-order valence-corrected chi connectivity index (χ2v) is 6.45. The van der Waals surface area contributed by atoms with Crippen molar-refractivity contribution < 1.29 is 4.79 Å². The van der Waals surface area contributed by atoms with E-state index in [1.807, 2.05) is 35.2 Å². The molecule has 128 valence electrons. The highest BCUT2D eigenvalue weighted by molar-refractivity contribution is 5.76. The molecule has 2 atom stereocenters. The minimum atomic E-state index is 0.207. The Kier molecular flexibility index (Phi) is 5.20. The molecule has 24 heavy (non-hydrogen) atoms. The van der Waals surface area contributed by atoms with Gasteiger partial charge in [0.2, 0.25) is 11.7 Å². The molecule has 0 bridgehead atoms. The Morgan fingerprint density at radius 3 is 2.62 bits per heavy atom. The lowest BCUT2D eigenvalue weighted by atomic mass is 10.1. The van der Waals surface area contributed by atoms with Gasteiger partial charge in [-0.05, 0) is 25.5 Å². The third-order valence-electron chi connectivity index (χ3n) is 4.14. The zero-order valence-electron chi connectivity index (χ0n) is 14.2. The largest absolute Gasteiger partial charge is 0.340 e. The van der Waals surface area contributed by atoms with E-state index in [2.05, 4.69) is 34.6 Å². The van der Waals surface area contributed by atoms with Crippen LogP contribution in [0.1, 0.15) is 26.7 Å². The average Bonchev–Trinajstić information content (AvgIpc) is 3.03. The normalized spacial score (nSPS) is 21.0. The molecule has 1 aliphatic heterocycles. The van der Waals surface area contributed by atoms with Crippen molar-refractivity contribution in [2.24, 2.45) is 0 Å². The fourth-order valence-electron chi connectivity index (χ4n) is 3.10. The molecule has 0 radical (unpaired) electrons. The van der Waals surface area contributed by atoms with Gasteiger partial charge < -0.3 is 10.2 Å². The molecule has 2 heterocycles. The quantitative estimate of drug-likeness (QED) is 0.896. The molecule has 1 aliphatic rings. The van der Waals surface area contributed by atoms with E-state index in [1.165, 1.54) is 0 Å². The van der Waals surface area contributed by atoms with E-state index in [1.54, 1.807) is 4.80 Å². The fraction of sp³-hybridized carbons (Fsp3) is 0.529. The molecule has 1 saturated heterocycles. The van der Waals surface area contributed by atoms with Gasteiger partial charge in [0.1, 0.15) is 0 Å². The Hall–Kier alpha value is -2.28. The van der Waals surface area contributed by atoms with Crippen molar-refractivity contribution in [2.75, 3.05) is 13.1 Å². The number of carbonyl (C=O) groups excluding carboxylic acids is 1. The molecular weight excluding hydrogens is 304 g/mol. The standard InChI is InChI=1S/C17H24N6O/c1-13-11-22(12-14(2)18-13)16(24)9-6-10-23-20-17(19-21-23)15-7-4-3-5-8-15/h3-5,7-8,13-14,18H,6,9-12H2,1-2H3/t13-,14-/m1/s1. The van der Waals surface area contributed by atoms with Crippen LogP contribution in [0.15, 0.2) is 30.3 Å². The SMILES string of the molecule is C[C@@H]1CN(C(=O)CCCn2nnc(-c3ccccc3)n2)C[C@@H](C)N1. The molecule has 7 nitrogen and oxygen atoms in total. The number of piperazine rings is 1. The van der Waals surface area contributed by atoms with E-state index in [4.69, 9.17) is 0 Å². The van der Waals surface area contributed by atoms with Crippen LogP contribution >= 0.6 is 0 Å². The maximum Gasteiger partial charge on any atom is 0.222 e. The van der Waals surface area contributed by atoms with E-state index in [0.717, 1.165) is 25.1 Å². The van der Waals surface area contributed by atoms with Crippen molar-refractivity contribution in [2.45, 2.75) is 45.3 Å². The number of tetrazole rings is 1. The number of hydrogen-bond donors (Lipinski definition) is 1. The van der Waals surface area contributed by atoms with Crippen molar-refractivity contribution in [1.82, 2.24) is 30.4 Å². The van der Waals surface area contributed by atoms with E-state index in [-0.39, 0.29) is 5.91 Å². The first-order chi connectivity index (χ1) is 11.6. The van der Waals surface area contributed by atoms with E-state index >= 15 is 0 Å². The molecular formula is C17H24N6O. The number of hydrogen-bond acceptors (Lipinski definition) is 5. The van der Waals surface area contributed by atoms with Crippen molar-refractivity contribution in [3.05, 3.63) is 30.3 Å². The second-order valence-electron chi connectivity index (χ2n) is 6.45. The molecule has 1 aromatic carbocycles. The Bertz CT molecular complexity index is 661. The summed E-state index contributed by atoms with van der Waals surface area (Å²) in [6, 6.07) is 10.5. The lowest BCUT2D eigenvalue weighted by Gasteiger charge is -2.36. The molecule has 3 rings (SSSR count). The van der Waals surface area contributed by atoms with Crippen LogP contribution in [0.2, 0.25) is 0 Å². The maximum absolute atomic E-state index is 12.3. The summed E-state index contributed by atoms with van der Waals surface area (Å²) >= 11 is 0. The number of aromatic nitrogens is 4. The monoisotopic (exact) mass is 328 g/mol. The molecule has 0 saturated carbocycles. The number of benzene rings is 1. The molecule has 1 fully saturated rings. The van der Waals surface area contributed by atoms with Crippen LogP contribution in [0.25, 0.3) is 11.4 Å². The number of aryl methyl sites for hydroxylation is 1. The van der Waals surface area contributed by atoms with Gasteiger partial charge in [-0.2, -0.15) is 4.80 Å². The molecule has 1 aromatic heterocycles. The highest BCUT2D eigenvalue weighted by atomic mass is 16.2. The summed E-state index contributed by atoms with van der Waals surface area (Å²) in [6.07, 6.45) is 1.23. The highest BCUT2D eigenvalue weighted by Gasteiger charge is 2.24. The molecule has 2 aromatic rings. The van der Waals surface area contributed by atoms with Crippen LogP contribution in [0.4, 0.5) is 0 Å². The number of amides is 1. The van der Waals surface area contributed by atoms with Gasteiger partial charge in [-0.25, -0.2) is 0 Å². The van der Waals surface area contributed by atoms with Gasteiger partial charge in [-0.3, -0.25) is 4.79 Å². The number of carbonyl (C=O) groups is 1. The summed E-state index contributed by atoms with van der Waals surface area (Å²) in [5.41, 5.74) is 0.948. The smallest absolute Gasteiger partial charge is 0.222 e. The minimum Gasteiger partial charge on any atom is -0.340 e.